The normalized spacial score (nSPS) is 11.8. The standard InChI is InChI=1S/C13H15FN2/c1-13(2,3)12-6-10(14)4-5-11(12)9-7-15-16-8-9/h4-8H,1-3H3,(H,15,16). The minimum absolute atomic E-state index is 0.0886. The second-order valence-corrected chi connectivity index (χ2v) is 4.93. The zero-order valence-corrected chi connectivity index (χ0v) is 9.71. The Bertz CT molecular complexity index is 481. The van der Waals surface area contributed by atoms with Gasteiger partial charge in [0.25, 0.3) is 0 Å². The molecule has 0 unspecified atom stereocenters. The Morgan fingerprint density at radius 3 is 2.56 bits per heavy atom. The van der Waals surface area contributed by atoms with Crippen molar-refractivity contribution < 1.29 is 4.39 Å². The van der Waals surface area contributed by atoms with Crippen LogP contribution in [0.2, 0.25) is 0 Å². The molecule has 16 heavy (non-hydrogen) atoms. The summed E-state index contributed by atoms with van der Waals surface area (Å²) in [5.74, 6) is -0.197. The van der Waals surface area contributed by atoms with Gasteiger partial charge in [-0.15, -0.1) is 0 Å². The number of aromatic amines is 1. The number of rotatable bonds is 1. The monoisotopic (exact) mass is 218 g/mol. The van der Waals surface area contributed by atoms with Gasteiger partial charge in [0.15, 0.2) is 0 Å². The van der Waals surface area contributed by atoms with Gasteiger partial charge in [0.2, 0.25) is 0 Å². The molecule has 1 N–H and O–H groups in total. The number of nitrogens with zero attached hydrogens (tertiary/aromatic N) is 1. The van der Waals surface area contributed by atoms with Crippen LogP contribution in [-0.2, 0) is 5.41 Å². The highest BCUT2D eigenvalue weighted by molar-refractivity contribution is 5.67. The lowest BCUT2D eigenvalue weighted by Crippen LogP contribution is -2.13. The van der Waals surface area contributed by atoms with E-state index >= 15 is 0 Å². The van der Waals surface area contributed by atoms with Crippen molar-refractivity contribution in [1.82, 2.24) is 10.2 Å². The Labute approximate surface area is 94.5 Å². The molecular weight excluding hydrogens is 203 g/mol. The molecule has 84 valence electrons. The maximum Gasteiger partial charge on any atom is 0.123 e. The minimum Gasteiger partial charge on any atom is -0.285 e. The molecule has 0 aliphatic carbocycles. The Morgan fingerprint density at radius 1 is 1.25 bits per heavy atom. The molecule has 0 fully saturated rings. The summed E-state index contributed by atoms with van der Waals surface area (Å²) >= 11 is 0. The van der Waals surface area contributed by atoms with Gasteiger partial charge >= 0.3 is 0 Å². The van der Waals surface area contributed by atoms with Crippen molar-refractivity contribution in [3.63, 3.8) is 0 Å². The summed E-state index contributed by atoms with van der Waals surface area (Å²) in [7, 11) is 0. The predicted molar refractivity (Wildman–Crippen MR) is 62.7 cm³/mol. The fraction of sp³-hybridized carbons (Fsp3) is 0.308. The average Bonchev–Trinajstić information content (AvgIpc) is 2.69. The first-order valence-corrected chi connectivity index (χ1v) is 5.27. The van der Waals surface area contributed by atoms with E-state index in [1.54, 1.807) is 18.3 Å². The van der Waals surface area contributed by atoms with Gasteiger partial charge in [-0.05, 0) is 28.7 Å². The Hall–Kier alpha value is -1.64. The first-order valence-electron chi connectivity index (χ1n) is 5.27. The highest BCUT2D eigenvalue weighted by Gasteiger charge is 2.19. The lowest BCUT2D eigenvalue weighted by atomic mass is 9.82. The maximum absolute atomic E-state index is 13.3. The molecule has 0 aliphatic rings. The van der Waals surface area contributed by atoms with Crippen LogP contribution in [0.4, 0.5) is 4.39 Å². The van der Waals surface area contributed by atoms with Gasteiger partial charge in [0, 0.05) is 11.8 Å². The maximum atomic E-state index is 13.3. The van der Waals surface area contributed by atoms with E-state index in [4.69, 9.17) is 0 Å². The van der Waals surface area contributed by atoms with Gasteiger partial charge in [-0.25, -0.2) is 4.39 Å². The molecule has 1 aromatic heterocycles. The number of benzene rings is 1. The van der Waals surface area contributed by atoms with E-state index in [0.717, 1.165) is 16.7 Å². The van der Waals surface area contributed by atoms with Crippen LogP contribution in [0, 0.1) is 5.82 Å². The van der Waals surface area contributed by atoms with Gasteiger partial charge < -0.3 is 0 Å². The van der Waals surface area contributed by atoms with Gasteiger partial charge in [-0.1, -0.05) is 26.8 Å². The van der Waals surface area contributed by atoms with E-state index in [0.29, 0.717) is 0 Å². The molecule has 0 atom stereocenters. The molecule has 2 rings (SSSR count). The largest absolute Gasteiger partial charge is 0.285 e. The first kappa shape index (κ1) is 10.9. The van der Waals surface area contributed by atoms with Crippen molar-refractivity contribution >= 4 is 0 Å². The summed E-state index contributed by atoms with van der Waals surface area (Å²) in [5, 5.41) is 6.70. The van der Waals surface area contributed by atoms with E-state index < -0.39 is 0 Å². The number of hydrogen-bond acceptors (Lipinski definition) is 1. The zero-order chi connectivity index (χ0) is 11.8. The molecule has 0 saturated carbocycles. The van der Waals surface area contributed by atoms with Gasteiger partial charge in [0.05, 0.1) is 6.20 Å². The predicted octanol–water partition coefficient (Wildman–Crippen LogP) is 3.51. The summed E-state index contributed by atoms with van der Waals surface area (Å²) in [5.41, 5.74) is 2.93. The van der Waals surface area contributed by atoms with Gasteiger partial charge in [-0.3, -0.25) is 5.10 Å². The molecule has 1 heterocycles. The molecule has 2 nitrogen and oxygen atoms in total. The number of hydrogen-bond donors (Lipinski definition) is 1. The summed E-state index contributed by atoms with van der Waals surface area (Å²) in [6.07, 6.45) is 3.57. The van der Waals surface area contributed by atoms with E-state index in [2.05, 4.69) is 31.0 Å². The summed E-state index contributed by atoms with van der Waals surface area (Å²) in [4.78, 5) is 0. The summed E-state index contributed by atoms with van der Waals surface area (Å²) in [6, 6.07) is 4.89. The van der Waals surface area contributed by atoms with Crippen LogP contribution in [0.15, 0.2) is 30.6 Å². The zero-order valence-electron chi connectivity index (χ0n) is 9.71. The van der Waals surface area contributed by atoms with Crippen molar-refractivity contribution in [2.24, 2.45) is 0 Å². The molecule has 0 aliphatic heterocycles. The molecule has 0 bridgehead atoms. The number of aromatic nitrogens is 2. The van der Waals surface area contributed by atoms with Crippen molar-refractivity contribution in [2.45, 2.75) is 26.2 Å². The van der Waals surface area contributed by atoms with Crippen LogP contribution in [0.1, 0.15) is 26.3 Å². The first-order chi connectivity index (χ1) is 7.48. The third kappa shape index (κ3) is 1.98. The fourth-order valence-electron chi connectivity index (χ4n) is 1.79. The van der Waals surface area contributed by atoms with Gasteiger partial charge in [-0.2, -0.15) is 5.10 Å². The minimum atomic E-state index is -0.197. The van der Waals surface area contributed by atoms with Crippen LogP contribution in [0.25, 0.3) is 11.1 Å². The van der Waals surface area contributed by atoms with Crippen molar-refractivity contribution in [2.75, 3.05) is 0 Å². The van der Waals surface area contributed by atoms with E-state index in [-0.39, 0.29) is 11.2 Å². The van der Waals surface area contributed by atoms with Crippen LogP contribution in [0.3, 0.4) is 0 Å². The van der Waals surface area contributed by atoms with Crippen LogP contribution >= 0.6 is 0 Å². The topological polar surface area (TPSA) is 28.7 Å². The highest BCUT2D eigenvalue weighted by Crippen LogP contribution is 2.32. The molecular formula is C13H15FN2. The molecule has 0 saturated heterocycles. The average molecular weight is 218 g/mol. The molecule has 1 aromatic carbocycles. The van der Waals surface area contributed by atoms with Crippen LogP contribution in [-0.4, -0.2) is 10.2 Å². The molecule has 3 heteroatoms. The van der Waals surface area contributed by atoms with Crippen molar-refractivity contribution in [3.8, 4) is 11.1 Å². The van der Waals surface area contributed by atoms with E-state index in [9.17, 15) is 4.39 Å². The molecule has 0 radical (unpaired) electrons. The second-order valence-electron chi connectivity index (χ2n) is 4.93. The van der Waals surface area contributed by atoms with Gasteiger partial charge in [0.1, 0.15) is 5.82 Å². The summed E-state index contributed by atoms with van der Waals surface area (Å²) < 4.78 is 13.3. The summed E-state index contributed by atoms with van der Waals surface area (Å²) in [6.45, 7) is 6.22. The molecule has 0 spiro atoms. The molecule has 2 aromatic rings. The number of halogens is 1. The van der Waals surface area contributed by atoms with Crippen molar-refractivity contribution in [1.29, 1.82) is 0 Å². The van der Waals surface area contributed by atoms with E-state index in [1.807, 2.05) is 6.20 Å². The lowest BCUT2D eigenvalue weighted by molar-refractivity contribution is 0.574. The third-order valence-corrected chi connectivity index (χ3v) is 2.60. The number of H-pyrrole nitrogens is 1. The lowest BCUT2D eigenvalue weighted by Gasteiger charge is -2.22. The Kier molecular flexibility index (Phi) is 2.54. The quantitative estimate of drug-likeness (QED) is 0.779. The fourth-order valence-corrected chi connectivity index (χ4v) is 1.79. The Morgan fingerprint density at radius 2 is 2.00 bits per heavy atom. The van der Waals surface area contributed by atoms with Crippen LogP contribution in [0.5, 0.6) is 0 Å². The van der Waals surface area contributed by atoms with Crippen LogP contribution < -0.4 is 0 Å². The Balaban J connectivity index is 2.62. The third-order valence-electron chi connectivity index (χ3n) is 2.60. The smallest absolute Gasteiger partial charge is 0.123 e. The molecule has 0 amide bonds. The second kappa shape index (κ2) is 3.74. The number of nitrogens with one attached hydrogen (secondary N) is 1. The van der Waals surface area contributed by atoms with Crippen molar-refractivity contribution in [3.05, 3.63) is 42.0 Å². The van der Waals surface area contributed by atoms with E-state index in [1.165, 1.54) is 6.07 Å². The SMILES string of the molecule is CC(C)(C)c1cc(F)ccc1-c1cn[nH]c1. The highest BCUT2D eigenvalue weighted by atomic mass is 19.1.